The van der Waals surface area contributed by atoms with Gasteiger partial charge in [0.1, 0.15) is 6.54 Å². The summed E-state index contributed by atoms with van der Waals surface area (Å²) in [5.74, 6) is -1.36. The maximum Gasteiger partial charge on any atom is 0.326 e. The standard InChI is InChI=1S/C21H17N3O5/c1-12-7-9-14(10-8-12)19-23-22-18(29-19)13(2)28-17(25)11-24-20(26)15-5-3-4-6-16(15)21(24)27/h3-10,13H,11H2,1-2H3/t13-/m1/s1. The molecule has 29 heavy (non-hydrogen) atoms. The molecular formula is C21H17N3O5. The molecule has 1 aliphatic rings. The van der Waals surface area contributed by atoms with Crippen LogP contribution in [0.4, 0.5) is 0 Å². The predicted octanol–water partition coefficient (Wildman–Crippen LogP) is 2.95. The topological polar surface area (TPSA) is 103 Å². The molecule has 2 heterocycles. The molecule has 1 atom stereocenters. The summed E-state index contributed by atoms with van der Waals surface area (Å²) in [5.41, 5.74) is 2.40. The summed E-state index contributed by atoms with van der Waals surface area (Å²) in [6.07, 6.45) is -0.829. The first-order valence-electron chi connectivity index (χ1n) is 8.99. The molecule has 0 bridgehead atoms. The molecule has 2 aromatic carbocycles. The van der Waals surface area contributed by atoms with E-state index in [0.717, 1.165) is 16.0 Å². The largest absolute Gasteiger partial charge is 0.451 e. The Morgan fingerprint density at radius 3 is 2.28 bits per heavy atom. The second kappa shape index (κ2) is 7.31. The van der Waals surface area contributed by atoms with Gasteiger partial charge in [-0.05, 0) is 38.1 Å². The van der Waals surface area contributed by atoms with Crippen molar-refractivity contribution in [3.05, 3.63) is 71.1 Å². The lowest BCUT2D eigenvalue weighted by Gasteiger charge is -2.15. The Balaban J connectivity index is 1.41. The number of nitrogens with zero attached hydrogens (tertiary/aromatic N) is 3. The molecule has 8 heteroatoms. The molecule has 1 aromatic heterocycles. The summed E-state index contributed by atoms with van der Waals surface area (Å²) in [4.78, 5) is 37.8. The first-order valence-corrected chi connectivity index (χ1v) is 8.99. The van der Waals surface area contributed by atoms with Crippen molar-refractivity contribution in [2.75, 3.05) is 6.54 Å². The second-order valence-electron chi connectivity index (χ2n) is 6.69. The first-order chi connectivity index (χ1) is 13.9. The van der Waals surface area contributed by atoms with E-state index in [1.807, 2.05) is 31.2 Å². The van der Waals surface area contributed by atoms with Gasteiger partial charge in [0, 0.05) is 5.56 Å². The molecule has 4 rings (SSSR count). The highest BCUT2D eigenvalue weighted by Gasteiger charge is 2.37. The number of aryl methyl sites for hydroxylation is 1. The van der Waals surface area contributed by atoms with Crippen molar-refractivity contribution in [2.24, 2.45) is 0 Å². The normalized spacial score (nSPS) is 14.1. The number of carbonyl (C=O) groups is 3. The quantitative estimate of drug-likeness (QED) is 0.487. The van der Waals surface area contributed by atoms with E-state index >= 15 is 0 Å². The third-order valence-electron chi connectivity index (χ3n) is 4.56. The van der Waals surface area contributed by atoms with Gasteiger partial charge in [0.05, 0.1) is 11.1 Å². The minimum absolute atomic E-state index is 0.122. The van der Waals surface area contributed by atoms with E-state index in [1.54, 1.807) is 31.2 Å². The first kappa shape index (κ1) is 18.5. The van der Waals surface area contributed by atoms with E-state index in [-0.39, 0.29) is 17.0 Å². The van der Waals surface area contributed by atoms with Crippen molar-refractivity contribution in [1.82, 2.24) is 15.1 Å². The van der Waals surface area contributed by atoms with E-state index in [2.05, 4.69) is 10.2 Å². The van der Waals surface area contributed by atoms with E-state index in [9.17, 15) is 14.4 Å². The molecule has 146 valence electrons. The fourth-order valence-corrected chi connectivity index (χ4v) is 3.01. The van der Waals surface area contributed by atoms with Crippen LogP contribution in [0.25, 0.3) is 11.5 Å². The van der Waals surface area contributed by atoms with Gasteiger partial charge in [-0.2, -0.15) is 0 Å². The monoisotopic (exact) mass is 391 g/mol. The molecule has 0 aliphatic carbocycles. The van der Waals surface area contributed by atoms with E-state index in [1.165, 1.54) is 0 Å². The SMILES string of the molecule is Cc1ccc(-c2nnc([C@@H](C)OC(=O)CN3C(=O)c4ccccc4C3=O)o2)cc1. The molecule has 8 nitrogen and oxygen atoms in total. The number of esters is 1. The highest BCUT2D eigenvalue weighted by Crippen LogP contribution is 2.24. The van der Waals surface area contributed by atoms with Crippen LogP contribution >= 0.6 is 0 Å². The fourth-order valence-electron chi connectivity index (χ4n) is 3.01. The lowest BCUT2D eigenvalue weighted by Crippen LogP contribution is -2.36. The molecule has 3 aromatic rings. The number of benzene rings is 2. The van der Waals surface area contributed by atoms with Gasteiger partial charge < -0.3 is 9.15 Å². The maximum absolute atomic E-state index is 12.3. The van der Waals surface area contributed by atoms with Crippen molar-refractivity contribution < 1.29 is 23.5 Å². The number of amides is 2. The van der Waals surface area contributed by atoms with Crippen LogP contribution < -0.4 is 0 Å². The molecule has 0 N–H and O–H groups in total. The van der Waals surface area contributed by atoms with Crippen molar-refractivity contribution in [2.45, 2.75) is 20.0 Å². The van der Waals surface area contributed by atoms with Crippen LogP contribution in [0.2, 0.25) is 0 Å². The molecule has 1 aliphatic heterocycles. The van der Waals surface area contributed by atoms with E-state index in [0.29, 0.717) is 5.89 Å². The van der Waals surface area contributed by atoms with E-state index < -0.39 is 30.4 Å². The van der Waals surface area contributed by atoms with Crippen LogP contribution in [0.3, 0.4) is 0 Å². The molecule has 0 unspecified atom stereocenters. The zero-order valence-electron chi connectivity index (χ0n) is 15.8. The average Bonchev–Trinajstić information content (AvgIpc) is 3.29. The summed E-state index contributed by atoms with van der Waals surface area (Å²) < 4.78 is 10.9. The summed E-state index contributed by atoms with van der Waals surface area (Å²) in [6.45, 7) is 3.06. The Kier molecular flexibility index (Phi) is 4.67. The lowest BCUT2D eigenvalue weighted by atomic mass is 10.1. The molecule has 0 saturated carbocycles. The van der Waals surface area contributed by atoms with Crippen LogP contribution in [-0.2, 0) is 9.53 Å². The number of carbonyl (C=O) groups excluding carboxylic acids is 3. The molecule has 0 radical (unpaired) electrons. The smallest absolute Gasteiger partial charge is 0.326 e. The molecule has 0 saturated heterocycles. The molecule has 0 fully saturated rings. The summed E-state index contributed by atoms with van der Waals surface area (Å²) in [6, 6.07) is 14.0. The zero-order chi connectivity index (χ0) is 20.5. The van der Waals surface area contributed by atoms with Crippen LogP contribution in [0.1, 0.15) is 45.2 Å². The highest BCUT2D eigenvalue weighted by molar-refractivity contribution is 6.22. The Morgan fingerprint density at radius 2 is 1.66 bits per heavy atom. The van der Waals surface area contributed by atoms with Gasteiger partial charge in [-0.3, -0.25) is 19.3 Å². The highest BCUT2D eigenvalue weighted by atomic mass is 16.6. The lowest BCUT2D eigenvalue weighted by molar-refractivity contribution is -0.149. The zero-order valence-corrected chi connectivity index (χ0v) is 15.8. The molecule has 2 amide bonds. The number of rotatable bonds is 5. The van der Waals surface area contributed by atoms with Crippen LogP contribution in [-0.4, -0.2) is 39.4 Å². The minimum Gasteiger partial charge on any atom is -0.451 e. The predicted molar refractivity (Wildman–Crippen MR) is 101 cm³/mol. The number of hydrogen-bond donors (Lipinski definition) is 0. The fraction of sp³-hybridized carbons (Fsp3) is 0.190. The van der Waals surface area contributed by atoms with Gasteiger partial charge in [0.15, 0.2) is 6.10 Å². The number of hydrogen-bond acceptors (Lipinski definition) is 7. The number of fused-ring (bicyclic) bond motifs is 1. The summed E-state index contributed by atoms with van der Waals surface area (Å²) >= 11 is 0. The second-order valence-corrected chi connectivity index (χ2v) is 6.69. The average molecular weight is 391 g/mol. The Bertz CT molecular complexity index is 1070. The van der Waals surface area contributed by atoms with Gasteiger partial charge in [0.25, 0.3) is 17.7 Å². The van der Waals surface area contributed by atoms with Gasteiger partial charge in [0.2, 0.25) is 5.89 Å². The van der Waals surface area contributed by atoms with Crippen LogP contribution in [0, 0.1) is 6.92 Å². The van der Waals surface area contributed by atoms with Gasteiger partial charge >= 0.3 is 5.97 Å². The molecule has 0 spiro atoms. The van der Waals surface area contributed by atoms with Crippen LogP contribution in [0.15, 0.2) is 52.9 Å². The Morgan fingerprint density at radius 1 is 1.03 bits per heavy atom. The van der Waals surface area contributed by atoms with Gasteiger partial charge in [-0.15, -0.1) is 10.2 Å². The van der Waals surface area contributed by atoms with Gasteiger partial charge in [-0.25, -0.2) is 0 Å². The Hall–Kier alpha value is -3.81. The Labute approximate surface area is 166 Å². The van der Waals surface area contributed by atoms with Crippen molar-refractivity contribution >= 4 is 17.8 Å². The number of imide groups is 1. The minimum atomic E-state index is -0.829. The van der Waals surface area contributed by atoms with Crippen molar-refractivity contribution in [3.63, 3.8) is 0 Å². The molecular weight excluding hydrogens is 374 g/mol. The number of aromatic nitrogens is 2. The summed E-state index contributed by atoms with van der Waals surface area (Å²) in [7, 11) is 0. The van der Waals surface area contributed by atoms with Crippen molar-refractivity contribution in [1.29, 1.82) is 0 Å². The van der Waals surface area contributed by atoms with Gasteiger partial charge in [-0.1, -0.05) is 29.8 Å². The third kappa shape index (κ3) is 3.52. The number of ether oxygens (including phenoxy) is 1. The van der Waals surface area contributed by atoms with E-state index in [4.69, 9.17) is 9.15 Å². The summed E-state index contributed by atoms with van der Waals surface area (Å²) in [5, 5.41) is 7.89. The van der Waals surface area contributed by atoms with Crippen LogP contribution in [0.5, 0.6) is 0 Å². The van der Waals surface area contributed by atoms with Crippen molar-refractivity contribution in [3.8, 4) is 11.5 Å². The maximum atomic E-state index is 12.3. The third-order valence-corrected chi connectivity index (χ3v) is 4.56.